The summed E-state index contributed by atoms with van der Waals surface area (Å²) in [6.45, 7) is 0.687. The molecule has 3 atom stereocenters. The summed E-state index contributed by atoms with van der Waals surface area (Å²) in [5.41, 5.74) is 16.2. The quantitative estimate of drug-likeness (QED) is 0.165. The Morgan fingerprint density at radius 1 is 0.589 bits per heavy atom. The highest BCUT2D eigenvalue weighted by Gasteiger charge is 2.52. The van der Waals surface area contributed by atoms with E-state index in [0.717, 1.165) is 22.8 Å². The number of rotatable bonds is 5. The molecular weight excluding hydrogens is 685 g/mol. The molecule has 0 radical (unpaired) electrons. The normalized spacial score (nSPS) is 20.1. The van der Waals surface area contributed by atoms with Gasteiger partial charge in [-0.1, -0.05) is 140 Å². The van der Waals surface area contributed by atoms with Gasteiger partial charge in [0.1, 0.15) is 17.7 Å². The van der Waals surface area contributed by atoms with Crippen molar-refractivity contribution in [2.45, 2.75) is 17.6 Å². The number of nitrogens with zero attached hydrogens (tertiary/aromatic N) is 1. The molecule has 3 N–H and O–H groups in total. The van der Waals surface area contributed by atoms with Crippen LogP contribution in [0.3, 0.4) is 0 Å². The van der Waals surface area contributed by atoms with E-state index in [4.69, 9.17) is 4.74 Å². The predicted octanol–water partition coefficient (Wildman–Crippen LogP) is 10.5. The first-order valence-electron chi connectivity index (χ1n) is 19.3. The monoisotopic (exact) mass is 722 g/mol. The zero-order chi connectivity index (χ0) is 37.1. The van der Waals surface area contributed by atoms with E-state index in [-0.39, 0.29) is 12.2 Å². The molecule has 11 rings (SSSR count). The van der Waals surface area contributed by atoms with Crippen LogP contribution in [0.15, 0.2) is 200 Å². The molecule has 3 unspecified atom stereocenters. The van der Waals surface area contributed by atoms with Crippen LogP contribution in [0, 0.1) is 0 Å². The van der Waals surface area contributed by atoms with Gasteiger partial charge in [0.2, 0.25) is 0 Å². The van der Waals surface area contributed by atoms with Crippen LogP contribution in [0.4, 0.5) is 0 Å². The number of fused-ring (bicyclic) bond motifs is 8. The van der Waals surface area contributed by atoms with Crippen molar-refractivity contribution < 1.29 is 4.74 Å². The Morgan fingerprint density at radius 3 is 2.16 bits per heavy atom. The number of dihydropyridines is 1. The van der Waals surface area contributed by atoms with E-state index < -0.39 is 5.41 Å². The number of benzene rings is 6. The van der Waals surface area contributed by atoms with Crippen LogP contribution < -0.4 is 20.7 Å². The maximum absolute atomic E-state index is 6.53. The van der Waals surface area contributed by atoms with Crippen LogP contribution in [-0.4, -0.2) is 11.5 Å². The van der Waals surface area contributed by atoms with E-state index in [1.807, 2.05) is 24.7 Å². The molecule has 1 spiro atoms. The average molecular weight is 723 g/mol. The lowest BCUT2D eigenvalue weighted by atomic mass is 9.65. The molecule has 1 aliphatic carbocycles. The lowest BCUT2D eigenvalue weighted by Gasteiger charge is -2.41. The first-order valence-corrected chi connectivity index (χ1v) is 19.3. The van der Waals surface area contributed by atoms with Crippen molar-refractivity contribution in [3.05, 3.63) is 233 Å². The lowest BCUT2D eigenvalue weighted by Crippen LogP contribution is -2.39. The third-order valence-corrected chi connectivity index (χ3v) is 11.8. The van der Waals surface area contributed by atoms with Crippen molar-refractivity contribution >= 4 is 5.70 Å². The summed E-state index contributed by atoms with van der Waals surface area (Å²) < 4.78 is 6.53. The molecule has 0 saturated carbocycles. The Labute approximate surface area is 326 Å². The van der Waals surface area contributed by atoms with Gasteiger partial charge in [0.25, 0.3) is 0 Å². The minimum Gasteiger partial charge on any atom is -0.457 e. The minimum atomic E-state index is -0.527. The number of hydrogen-bond acceptors (Lipinski definition) is 5. The average Bonchev–Trinajstić information content (AvgIpc) is 3.57. The van der Waals surface area contributed by atoms with E-state index in [2.05, 4.69) is 185 Å². The zero-order valence-corrected chi connectivity index (χ0v) is 30.6. The van der Waals surface area contributed by atoms with Crippen molar-refractivity contribution in [3.63, 3.8) is 0 Å². The standard InChI is InChI=1S/C51H38N4O/c1-3-10-34(11-4-1)46-30-47(35-12-5-2-6-13-35)55-50(54-46)36-20-18-33(19-21-36)37-14-9-15-38(28-37)39-22-23-41-40-16-7-8-17-42(40)51(43(41)29-39)44-31-52-26-24-48(44)56-49-25-27-53-32-45(49)51/h1-31,46,50,53-55H,32H2. The fourth-order valence-electron chi connectivity index (χ4n) is 9.22. The number of hydrogen-bond donors (Lipinski definition) is 3. The molecule has 56 heavy (non-hydrogen) atoms. The molecule has 4 heterocycles. The lowest BCUT2D eigenvalue weighted by molar-refractivity contribution is 0.389. The molecule has 0 bridgehead atoms. The largest absolute Gasteiger partial charge is 0.457 e. The first-order chi connectivity index (χ1) is 27.7. The fraction of sp³-hybridized carbons (Fsp3) is 0.0784. The second kappa shape index (κ2) is 13.1. The highest BCUT2D eigenvalue weighted by Crippen LogP contribution is 2.60. The highest BCUT2D eigenvalue weighted by atomic mass is 16.5. The molecule has 0 amide bonds. The van der Waals surface area contributed by atoms with E-state index >= 15 is 0 Å². The highest BCUT2D eigenvalue weighted by molar-refractivity contribution is 5.90. The summed E-state index contributed by atoms with van der Waals surface area (Å²) in [7, 11) is 0. The Kier molecular flexibility index (Phi) is 7.61. The molecule has 0 fully saturated rings. The number of ether oxygens (including phenoxy) is 1. The predicted molar refractivity (Wildman–Crippen MR) is 224 cm³/mol. The maximum Gasteiger partial charge on any atom is 0.135 e. The van der Waals surface area contributed by atoms with Gasteiger partial charge >= 0.3 is 0 Å². The number of allylic oxidation sites excluding steroid dienone is 1. The van der Waals surface area contributed by atoms with E-state index in [9.17, 15) is 0 Å². The topological polar surface area (TPSA) is 58.2 Å². The summed E-state index contributed by atoms with van der Waals surface area (Å²) in [5.74, 6) is 1.76. The van der Waals surface area contributed by atoms with Crippen LogP contribution in [0.1, 0.15) is 45.6 Å². The van der Waals surface area contributed by atoms with Gasteiger partial charge in [-0.2, -0.15) is 0 Å². The van der Waals surface area contributed by atoms with Crippen LogP contribution in [0.5, 0.6) is 5.75 Å². The minimum absolute atomic E-state index is 0.0559. The summed E-state index contributed by atoms with van der Waals surface area (Å²) in [5, 5.41) is 11.1. The Hall–Kier alpha value is -6.95. The molecule has 5 heteroatoms. The molecule has 5 nitrogen and oxygen atoms in total. The maximum atomic E-state index is 6.53. The molecule has 1 aromatic heterocycles. The van der Waals surface area contributed by atoms with Gasteiger partial charge in [0, 0.05) is 42.0 Å². The Balaban J connectivity index is 0.952. The van der Waals surface area contributed by atoms with E-state index in [1.165, 1.54) is 66.8 Å². The van der Waals surface area contributed by atoms with Crippen LogP contribution in [0.2, 0.25) is 0 Å². The molecule has 6 aromatic carbocycles. The van der Waals surface area contributed by atoms with Gasteiger partial charge in [0.05, 0.1) is 11.5 Å². The molecule has 4 aliphatic rings. The smallest absolute Gasteiger partial charge is 0.135 e. The summed E-state index contributed by atoms with van der Waals surface area (Å²) in [6, 6.07) is 57.0. The van der Waals surface area contributed by atoms with Crippen LogP contribution in [-0.2, 0) is 5.41 Å². The molecule has 7 aromatic rings. The van der Waals surface area contributed by atoms with Crippen LogP contribution >= 0.6 is 0 Å². The van der Waals surface area contributed by atoms with Gasteiger partial charge in [-0.05, 0) is 91.5 Å². The first kappa shape index (κ1) is 32.5. The molecule has 268 valence electrons. The Morgan fingerprint density at radius 2 is 1.30 bits per heavy atom. The third kappa shape index (κ3) is 5.16. The second-order valence-corrected chi connectivity index (χ2v) is 14.9. The Bertz CT molecular complexity index is 2730. The van der Waals surface area contributed by atoms with Crippen molar-refractivity contribution in [2.24, 2.45) is 0 Å². The second-order valence-electron chi connectivity index (χ2n) is 14.9. The van der Waals surface area contributed by atoms with Crippen molar-refractivity contribution in [2.75, 3.05) is 6.54 Å². The van der Waals surface area contributed by atoms with Gasteiger partial charge in [-0.15, -0.1) is 0 Å². The fourth-order valence-corrected chi connectivity index (χ4v) is 9.22. The van der Waals surface area contributed by atoms with Crippen LogP contribution in [0.25, 0.3) is 39.1 Å². The summed E-state index contributed by atoms with van der Waals surface area (Å²) in [6.07, 6.45) is 10.1. The van der Waals surface area contributed by atoms with Gasteiger partial charge in [-0.3, -0.25) is 10.3 Å². The van der Waals surface area contributed by atoms with Gasteiger partial charge in [0.15, 0.2) is 0 Å². The van der Waals surface area contributed by atoms with E-state index in [0.29, 0.717) is 6.54 Å². The van der Waals surface area contributed by atoms with Crippen molar-refractivity contribution in [1.29, 1.82) is 0 Å². The van der Waals surface area contributed by atoms with Crippen molar-refractivity contribution in [1.82, 2.24) is 20.9 Å². The van der Waals surface area contributed by atoms with Crippen molar-refractivity contribution in [3.8, 4) is 39.1 Å². The summed E-state index contributed by atoms with van der Waals surface area (Å²) >= 11 is 0. The molecule has 0 saturated heterocycles. The number of aromatic nitrogens is 1. The summed E-state index contributed by atoms with van der Waals surface area (Å²) in [4.78, 5) is 4.65. The van der Waals surface area contributed by atoms with E-state index in [1.54, 1.807) is 0 Å². The molecule has 3 aliphatic heterocycles. The van der Waals surface area contributed by atoms with Gasteiger partial charge < -0.3 is 15.4 Å². The number of pyridine rings is 1. The molecular formula is C51H38N4O. The number of nitrogens with one attached hydrogen (secondary N) is 3. The third-order valence-electron chi connectivity index (χ3n) is 11.8. The SMILES string of the molecule is C1=CC2=C(CN1)C1(c3cnccc3O2)c2ccccc2-c2ccc(-c3cccc(-c4ccc(C5NC(c6ccccc6)=CC(c6ccccc6)N5)cc4)c3)cc21. The zero-order valence-electron chi connectivity index (χ0n) is 30.6. The van der Waals surface area contributed by atoms with Gasteiger partial charge in [-0.25, -0.2) is 0 Å².